The van der Waals surface area contributed by atoms with Gasteiger partial charge in [-0.25, -0.2) is 4.79 Å². The Morgan fingerprint density at radius 3 is 2.36 bits per heavy atom. The number of halogens is 1. The molecule has 42 heavy (non-hydrogen) atoms. The fourth-order valence-electron chi connectivity index (χ4n) is 6.96. The molecule has 0 radical (unpaired) electrons. The van der Waals surface area contributed by atoms with Crippen LogP contribution in [0.2, 0.25) is 5.02 Å². The van der Waals surface area contributed by atoms with Crippen molar-refractivity contribution >= 4 is 23.6 Å². The molecule has 2 aromatic rings. The van der Waals surface area contributed by atoms with E-state index in [2.05, 4.69) is 46.4 Å². The van der Waals surface area contributed by atoms with Crippen molar-refractivity contribution in [2.75, 3.05) is 45.8 Å². The van der Waals surface area contributed by atoms with Crippen LogP contribution in [-0.2, 0) is 28.9 Å². The lowest BCUT2D eigenvalue weighted by Crippen LogP contribution is -2.62. The third-order valence-corrected chi connectivity index (χ3v) is 9.70. The molecular formula is C33H46ClN5O3. The summed E-state index contributed by atoms with van der Waals surface area (Å²) in [7, 11) is 0. The molecule has 0 spiro atoms. The summed E-state index contributed by atoms with van der Waals surface area (Å²) in [4.78, 5) is 34.1. The van der Waals surface area contributed by atoms with Gasteiger partial charge in [-0.1, -0.05) is 74.7 Å². The van der Waals surface area contributed by atoms with E-state index in [1.165, 1.54) is 36.8 Å². The number of nitrogens with zero attached hydrogens (tertiary/aromatic N) is 3. The fraction of sp³-hybridized carbons (Fsp3) is 0.576. The highest BCUT2D eigenvalue weighted by atomic mass is 35.5. The number of hydrogen-bond acceptors (Lipinski definition) is 6. The second-order valence-corrected chi connectivity index (χ2v) is 12.4. The van der Waals surface area contributed by atoms with Crippen LogP contribution in [0.4, 0.5) is 4.79 Å². The summed E-state index contributed by atoms with van der Waals surface area (Å²) in [5.41, 5.74) is 3.52. The minimum atomic E-state index is -0.725. The number of carbonyl (C=O) groups is 2. The van der Waals surface area contributed by atoms with Crippen molar-refractivity contribution in [2.45, 2.75) is 76.7 Å². The van der Waals surface area contributed by atoms with Gasteiger partial charge in [0.25, 0.3) is 0 Å². The van der Waals surface area contributed by atoms with E-state index in [-0.39, 0.29) is 11.4 Å². The van der Waals surface area contributed by atoms with Crippen molar-refractivity contribution in [3.8, 4) is 0 Å². The van der Waals surface area contributed by atoms with Gasteiger partial charge in [0.05, 0.1) is 0 Å². The number of ether oxygens (including phenoxy) is 1. The normalized spacial score (nSPS) is 21.1. The molecule has 228 valence electrons. The maximum atomic E-state index is 13.9. The number of likely N-dealkylation sites (N-methyl/N-ethyl adjacent to an activating group) is 1. The topological polar surface area (TPSA) is 77.2 Å². The van der Waals surface area contributed by atoms with Gasteiger partial charge in [0.15, 0.2) is 6.23 Å². The van der Waals surface area contributed by atoms with Gasteiger partial charge >= 0.3 is 6.09 Å². The van der Waals surface area contributed by atoms with Crippen LogP contribution in [0, 0.1) is 0 Å². The van der Waals surface area contributed by atoms with E-state index in [0.717, 1.165) is 38.3 Å². The lowest BCUT2D eigenvalue weighted by Gasteiger charge is -2.48. The number of rotatable bonds is 10. The molecule has 2 unspecified atom stereocenters. The number of piperazine rings is 1. The van der Waals surface area contributed by atoms with Crippen LogP contribution >= 0.6 is 11.6 Å². The minimum Gasteiger partial charge on any atom is -0.430 e. The van der Waals surface area contributed by atoms with Crippen LogP contribution in [0.1, 0.15) is 56.2 Å². The Hall–Kier alpha value is -2.65. The van der Waals surface area contributed by atoms with Gasteiger partial charge in [-0.2, -0.15) is 0 Å². The molecule has 1 saturated heterocycles. The van der Waals surface area contributed by atoms with Crippen LogP contribution in [0.15, 0.2) is 48.5 Å². The van der Waals surface area contributed by atoms with Crippen LogP contribution in [0.5, 0.6) is 0 Å². The van der Waals surface area contributed by atoms with Crippen molar-refractivity contribution in [1.82, 2.24) is 25.3 Å². The Kier molecular flexibility index (Phi) is 10.4. The largest absolute Gasteiger partial charge is 0.430 e. The Morgan fingerprint density at radius 1 is 1.02 bits per heavy atom. The molecule has 2 heterocycles. The van der Waals surface area contributed by atoms with E-state index in [9.17, 15) is 9.59 Å². The van der Waals surface area contributed by atoms with Crippen LogP contribution in [-0.4, -0.2) is 90.3 Å². The molecule has 2 aromatic carbocycles. The number of amides is 2. The molecule has 0 bridgehead atoms. The summed E-state index contributed by atoms with van der Waals surface area (Å²) in [5.74, 6) is -0.0623. The lowest BCUT2D eigenvalue weighted by atomic mass is 9.92. The summed E-state index contributed by atoms with van der Waals surface area (Å²) in [5, 5.41) is 6.84. The van der Waals surface area contributed by atoms with Crippen molar-refractivity contribution in [3.63, 3.8) is 0 Å². The van der Waals surface area contributed by atoms with E-state index in [4.69, 9.17) is 16.3 Å². The Bertz CT molecular complexity index is 1190. The molecule has 0 aromatic heterocycles. The zero-order valence-electron chi connectivity index (χ0n) is 25.1. The SMILES string of the molecule is CCN(CC)CC1(N2CCN(C(=O)C(Cc3ccc(Cl)cc3)NC(=O)OC3Cc4ccccc4CN3)CC2)CCCC1. The van der Waals surface area contributed by atoms with Gasteiger partial charge in [-0.05, 0) is 54.8 Å². The number of benzene rings is 2. The Morgan fingerprint density at radius 2 is 1.69 bits per heavy atom. The summed E-state index contributed by atoms with van der Waals surface area (Å²) in [6.07, 6.45) is 4.95. The Labute approximate surface area is 255 Å². The van der Waals surface area contributed by atoms with Gasteiger partial charge in [0, 0.05) is 62.7 Å². The highest BCUT2D eigenvalue weighted by Crippen LogP contribution is 2.37. The van der Waals surface area contributed by atoms with E-state index in [1.807, 2.05) is 41.3 Å². The second-order valence-electron chi connectivity index (χ2n) is 12.0. The molecule has 2 aliphatic heterocycles. The average molecular weight is 596 g/mol. The van der Waals surface area contributed by atoms with Crippen molar-refractivity contribution in [3.05, 3.63) is 70.2 Å². The van der Waals surface area contributed by atoms with E-state index >= 15 is 0 Å². The minimum absolute atomic E-state index is 0.0623. The van der Waals surface area contributed by atoms with Gasteiger partial charge in [-0.3, -0.25) is 15.0 Å². The quantitative estimate of drug-likeness (QED) is 0.423. The smallest absolute Gasteiger partial charge is 0.409 e. The summed E-state index contributed by atoms with van der Waals surface area (Å²) in [6.45, 7) is 11.4. The summed E-state index contributed by atoms with van der Waals surface area (Å²) >= 11 is 6.11. The van der Waals surface area contributed by atoms with Crippen LogP contribution < -0.4 is 10.6 Å². The zero-order chi connectivity index (χ0) is 29.5. The van der Waals surface area contributed by atoms with E-state index in [1.54, 1.807) is 0 Å². The maximum absolute atomic E-state index is 13.9. The standard InChI is InChI=1S/C33H46ClN5O3/c1-3-37(4-2)24-33(15-7-8-16-33)39-19-17-38(18-20-39)31(40)29(21-25-11-13-28(34)14-12-25)36-32(41)42-30-22-26-9-5-6-10-27(26)23-35-30/h5-6,9-14,29-30,35H,3-4,7-8,15-24H2,1-2H3,(H,36,41). The van der Waals surface area contributed by atoms with Crippen LogP contribution in [0.3, 0.4) is 0 Å². The second kappa shape index (κ2) is 14.2. The molecule has 1 saturated carbocycles. The molecule has 1 aliphatic carbocycles. The highest BCUT2D eigenvalue weighted by molar-refractivity contribution is 6.30. The molecule has 3 aliphatic rings. The van der Waals surface area contributed by atoms with E-state index in [0.29, 0.717) is 37.5 Å². The molecule has 2 amide bonds. The summed E-state index contributed by atoms with van der Waals surface area (Å²) in [6, 6.07) is 14.9. The number of alkyl carbamates (subject to hydrolysis) is 1. The highest BCUT2D eigenvalue weighted by Gasteiger charge is 2.42. The maximum Gasteiger partial charge on any atom is 0.409 e. The molecule has 2 atom stereocenters. The first-order valence-corrected chi connectivity index (χ1v) is 16.0. The van der Waals surface area contributed by atoms with Crippen molar-refractivity contribution < 1.29 is 14.3 Å². The first-order chi connectivity index (χ1) is 20.4. The number of hydrogen-bond donors (Lipinski definition) is 2. The fourth-order valence-corrected chi connectivity index (χ4v) is 7.09. The molecule has 5 rings (SSSR count). The number of carbonyl (C=O) groups excluding carboxylic acids is 2. The van der Waals surface area contributed by atoms with E-state index < -0.39 is 18.4 Å². The first-order valence-electron chi connectivity index (χ1n) is 15.7. The molecule has 8 nitrogen and oxygen atoms in total. The predicted octanol–water partition coefficient (Wildman–Crippen LogP) is 4.45. The zero-order valence-corrected chi connectivity index (χ0v) is 25.9. The van der Waals surface area contributed by atoms with Crippen molar-refractivity contribution in [1.29, 1.82) is 0 Å². The van der Waals surface area contributed by atoms with Gasteiger partial charge in [0.2, 0.25) is 5.91 Å². The Balaban J connectivity index is 1.23. The third-order valence-electron chi connectivity index (χ3n) is 9.45. The predicted molar refractivity (Wildman–Crippen MR) is 166 cm³/mol. The van der Waals surface area contributed by atoms with Crippen LogP contribution in [0.25, 0.3) is 0 Å². The molecule has 2 N–H and O–H groups in total. The number of fused-ring (bicyclic) bond motifs is 1. The molecule has 9 heteroatoms. The number of nitrogens with one attached hydrogen (secondary N) is 2. The molecule has 2 fully saturated rings. The molecular weight excluding hydrogens is 550 g/mol. The van der Waals surface area contributed by atoms with Crippen molar-refractivity contribution in [2.24, 2.45) is 0 Å². The van der Waals surface area contributed by atoms with Gasteiger partial charge in [0.1, 0.15) is 6.04 Å². The summed E-state index contributed by atoms with van der Waals surface area (Å²) < 4.78 is 5.76. The third kappa shape index (κ3) is 7.46. The van der Waals surface area contributed by atoms with Gasteiger partial charge < -0.3 is 19.9 Å². The lowest BCUT2D eigenvalue weighted by molar-refractivity contribution is -0.136. The van der Waals surface area contributed by atoms with Gasteiger partial charge in [-0.15, -0.1) is 0 Å². The monoisotopic (exact) mass is 595 g/mol. The first kappa shape index (κ1) is 30.8. The average Bonchev–Trinajstić information content (AvgIpc) is 3.50.